The van der Waals surface area contributed by atoms with Gasteiger partial charge < -0.3 is 5.73 Å². The summed E-state index contributed by atoms with van der Waals surface area (Å²) in [4.78, 5) is 4.34. The second-order valence-electron chi connectivity index (χ2n) is 4.20. The minimum Gasteiger partial charge on any atom is -0.387 e. The van der Waals surface area contributed by atoms with E-state index in [9.17, 15) is 0 Å². The molecule has 82 valence electrons. The van der Waals surface area contributed by atoms with E-state index >= 15 is 0 Å². The van der Waals surface area contributed by atoms with Gasteiger partial charge in [0, 0.05) is 12.5 Å². The van der Waals surface area contributed by atoms with Crippen molar-refractivity contribution in [3.05, 3.63) is 35.4 Å². The topological polar surface area (TPSA) is 38.4 Å². The standard InChI is InChI=1S/C13H20N2/c1-10(2)13(14)15-8-7-12-6-4-5-11(3)9-12/h4-6,9-10H,7-8H2,1-3H3,(H2,14,15). The molecule has 0 aliphatic heterocycles. The minimum atomic E-state index is 0.350. The maximum Gasteiger partial charge on any atom is 0.0962 e. The summed E-state index contributed by atoms with van der Waals surface area (Å²) in [5.41, 5.74) is 8.39. The molecule has 0 aliphatic rings. The lowest BCUT2D eigenvalue weighted by Crippen LogP contribution is -2.19. The quantitative estimate of drug-likeness (QED) is 0.594. The fourth-order valence-corrected chi connectivity index (χ4v) is 1.36. The Morgan fingerprint density at radius 1 is 1.40 bits per heavy atom. The zero-order valence-electron chi connectivity index (χ0n) is 9.83. The average molecular weight is 204 g/mol. The number of benzene rings is 1. The molecule has 0 heterocycles. The predicted molar refractivity (Wildman–Crippen MR) is 66.2 cm³/mol. The number of amidine groups is 1. The lowest BCUT2D eigenvalue weighted by atomic mass is 10.1. The van der Waals surface area contributed by atoms with Crippen molar-refractivity contribution in [1.29, 1.82) is 0 Å². The Morgan fingerprint density at radius 3 is 2.73 bits per heavy atom. The molecule has 0 unspecified atom stereocenters. The molecule has 1 aromatic rings. The van der Waals surface area contributed by atoms with Gasteiger partial charge in [0.1, 0.15) is 0 Å². The SMILES string of the molecule is Cc1cccc(CCN=C(N)C(C)C)c1. The molecule has 0 fully saturated rings. The van der Waals surface area contributed by atoms with Crippen molar-refractivity contribution >= 4 is 5.84 Å². The first-order valence-corrected chi connectivity index (χ1v) is 5.45. The fraction of sp³-hybridized carbons (Fsp3) is 0.462. The fourth-order valence-electron chi connectivity index (χ4n) is 1.36. The molecule has 0 atom stereocenters. The van der Waals surface area contributed by atoms with E-state index in [0.29, 0.717) is 5.92 Å². The molecule has 1 aromatic carbocycles. The van der Waals surface area contributed by atoms with E-state index in [-0.39, 0.29) is 0 Å². The number of aryl methyl sites for hydroxylation is 1. The van der Waals surface area contributed by atoms with Crippen LogP contribution in [-0.4, -0.2) is 12.4 Å². The summed E-state index contributed by atoms with van der Waals surface area (Å²) in [5.74, 6) is 1.10. The van der Waals surface area contributed by atoms with Crippen LogP contribution in [0.15, 0.2) is 29.3 Å². The van der Waals surface area contributed by atoms with E-state index in [1.54, 1.807) is 0 Å². The Labute approximate surface area is 92.2 Å². The number of aliphatic imine (C=N–C) groups is 1. The highest BCUT2D eigenvalue weighted by Crippen LogP contribution is 2.04. The summed E-state index contributed by atoms with van der Waals surface area (Å²) < 4.78 is 0. The smallest absolute Gasteiger partial charge is 0.0962 e. The van der Waals surface area contributed by atoms with Gasteiger partial charge in [0.2, 0.25) is 0 Å². The second kappa shape index (κ2) is 5.54. The van der Waals surface area contributed by atoms with E-state index in [1.807, 2.05) is 0 Å². The first-order valence-electron chi connectivity index (χ1n) is 5.45. The van der Waals surface area contributed by atoms with Crippen LogP contribution < -0.4 is 5.73 Å². The summed E-state index contributed by atoms with van der Waals surface area (Å²) in [5, 5.41) is 0. The van der Waals surface area contributed by atoms with Gasteiger partial charge in [-0.1, -0.05) is 43.7 Å². The van der Waals surface area contributed by atoms with Gasteiger partial charge in [-0.05, 0) is 18.9 Å². The first kappa shape index (κ1) is 11.8. The van der Waals surface area contributed by atoms with Crippen LogP contribution in [0.25, 0.3) is 0 Å². The van der Waals surface area contributed by atoms with Crippen molar-refractivity contribution in [3.8, 4) is 0 Å². The summed E-state index contributed by atoms with van der Waals surface area (Å²) >= 11 is 0. The molecule has 2 heteroatoms. The number of hydrogen-bond donors (Lipinski definition) is 1. The van der Waals surface area contributed by atoms with Crippen LogP contribution in [0.2, 0.25) is 0 Å². The van der Waals surface area contributed by atoms with Crippen LogP contribution in [0.4, 0.5) is 0 Å². The van der Waals surface area contributed by atoms with Crippen LogP contribution in [0.3, 0.4) is 0 Å². The molecule has 0 radical (unpaired) electrons. The van der Waals surface area contributed by atoms with Crippen LogP contribution in [-0.2, 0) is 6.42 Å². The second-order valence-corrected chi connectivity index (χ2v) is 4.20. The zero-order chi connectivity index (χ0) is 11.3. The highest BCUT2D eigenvalue weighted by Gasteiger charge is 1.98. The van der Waals surface area contributed by atoms with Crippen molar-refractivity contribution in [1.82, 2.24) is 0 Å². The first-order chi connectivity index (χ1) is 7.09. The van der Waals surface area contributed by atoms with Gasteiger partial charge in [-0.15, -0.1) is 0 Å². The predicted octanol–water partition coefficient (Wildman–Crippen LogP) is 2.55. The normalized spacial score (nSPS) is 12.1. The monoisotopic (exact) mass is 204 g/mol. The van der Waals surface area contributed by atoms with Crippen LogP contribution in [0.1, 0.15) is 25.0 Å². The van der Waals surface area contributed by atoms with Crippen molar-refractivity contribution in [2.24, 2.45) is 16.6 Å². The molecule has 1 rings (SSSR count). The largest absolute Gasteiger partial charge is 0.387 e. The van der Waals surface area contributed by atoms with Crippen LogP contribution >= 0.6 is 0 Å². The number of hydrogen-bond acceptors (Lipinski definition) is 1. The summed E-state index contributed by atoms with van der Waals surface area (Å²) in [6.45, 7) is 7.01. The molecule has 0 saturated carbocycles. The molecule has 0 spiro atoms. The average Bonchev–Trinajstić information content (AvgIpc) is 2.17. The molecule has 0 bridgehead atoms. The molecule has 0 aliphatic carbocycles. The maximum absolute atomic E-state index is 5.76. The Morgan fingerprint density at radius 2 is 2.13 bits per heavy atom. The van der Waals surface area contributed by atoms with E-state index in [2.05, 4.69) is 50.0 Å². The van der Waals surface area contributed by atoms with Gasteiger partial charge in [-0.25, -0.2) is 0 Å². The summed E-state index contributed by atoms with van der Waals surface area (Å²) in [6, 6.07) is 8.52. The van der Waals surface area contributed by atoms with Gasteiger partial charge in [0.05, 0.1) is 5.84 Å². The Hall–Kier alpha value is -1.31. The van der Waals surface area contributed by atoms with Crippen molar-refractivity contribution in [2.75, 3.05) is 6.54 Å². The van der Waals surface area contributed by atoms with Crippen LogP contribution in [0, 0.1) is 12.8 Å². The highest BCUT2D eigenvalue weighted by molar-refractivity contribution is 5.82. The van der Waals surface area contributed by atoms with Crippen molar-refractivity contribution in [3.63, 3.8) is 0 Å². The highest BCUT2D eigenvalue weighted by atomic mass is 14.8. The molecule has 0 amide bonds. The third-order valence-electron chi connectivity index (χ3n) is 2.37. The van der Waals surface area contributed by atoms with Crippen molar-refractivity contribution < 1.29 is 0 Å². The van der Waals surface area contributed by atoms with Gasteiger partial charge >= 0.3 is 0 Å². The molecular weight excluding hydrogens is 184 g/mol. The van der Waals surface area contributed by atoms with Gasteiger partial charge in [-0.2, -0.15) is 0 Å². The Balaban J connectivity index is 2.48. The van der Waals surface area contributed by atoms with Gasteiger partial charge in [0.15, 0.2) is 0 Å². The minimum absolute atomic E-state index is 0.350. The van der Waals surface area contributed by atoms with E-state index in [4.69, 9.17) is 5.73 Å². The molecule has 0 aromatic heterocycles. The molecule has 15 heavy (non-hydrogen) atoms. The molecule has 2 nitrogen and oxygen atoms in total. The Kier molecular flexibility index (Phi) is 4.35. The van der Waals surface area contributed by atoms with Gasteiger partial charge in [-0.3, -0.25) is 4.99 Å². The molecular formula is C13H20N2. The summed E-state index contributed by atoms with van der Waals surface area (Å²) in [6.07, 6.45) is 0.967. The lowest BCUT2D eigenvalue weighted by molar-refractivity contribution is 0.848. The van der Waals surface area contributed by atoms with Crippen LogP contribution in [0.5, 0.6) is 0 Å². The summed E-state index contributed by atoms with van der Waals surface area (Å²) in [7, 11) is 0. The number of nitrogens with two attached hydrogens (primary N) is 1. The third-order valence-corrected chi connectivity index (χ3v) is 2.37. The van der Waals surface area contributed by atoms with E-state index in [1.165, 1.54) is 11.1 Å². The Bertz CT molecular complexity index is 340. The van der Waals surface area contributed by atoms with Gasteiger partial charge in [0.25, 0.3) is 0 Å². The maximum atomic E-state index is 5.76. The number of nitrogens with zero attached hydrogens (tertiary/aromatic N) is 1. The zero-order valence-corrected chi connectivity index (χ0v) is 9.83. The lowest BCUT2D eigenvalue weighted by Gasteiger charge is -2.04. The molecule has 0 saturated heterocycles. The van der Waals surface area contributed by atoms with Crippen molar-refractivity contribution in [2.45, 2.75) is 27.2 Å². The van der Waals surface area contributed by atoms with E-state index < -0.39 is 0 Å². The van der Waals surface area contributed by atoms with E-state index in [0.717, 1.165) is 18.8 Å². The molecule has 2 N–H and O–H groups in total. The number of rotatable bonds is 4. The third kappa shape index (κ3) is 4.15.